The van der Waals surface area contributed by atoms with Crippen LogP contribution in [0, 0.1) is 17.0 Å². The summed E-state index contributed by atoms with van der Waals surface area (Å²) in [7, 11) is 0. The average molecular weight is 409 g/mol. The molecule has 0 atom stereocenters. The van der Waals surface area contributed by atoms with E-state index in [4.69, 9.17) is 4.42 Å². The fraction of sp³-hybridized carbons (Fsp3) is 0.0714. The van der Waals surface area contributed by atoms with Crippen molar-refractivity contribution in [3.63, 3.8) is 0 Å². The first kappa shape index (κ1) is 16.3. The Labute approximate surface area is 147 Å². The molecule has 0 fully saturated rings. The molecule has 0 spiro atoms. The van der Waals surface area contributed by atoms with E-state index < -0.39 is 10.8 Å². The van der Waals surface area contributed by atoms with Crippen LogP contribution in [0.5, 0.6) is 0 Å². The van der Waals surface area contributed by atoms with Gasteiger partial charge >= 0.3 is 6.01 Å². The second-order valence-corrected chi connectivity index (χ2v) is 7.14. The van der Waals surface area contributed by atoms with E-state index >= 15 is 0 Å². The predicted molar refractivity (Wildman–Crippen MR) is 91.1 cm³/mol. The zero-order chi connectivity index (χ0) is 17.3. The summed E-state index contributed by atoms with van der Waals surface area (Å²) in [5.41, 5.74) is 0.307. The highest BCUT2D eigenvalue weighted by Crippen LogP contribution is 2.31. The molecule has 24 heavy (non-hydrogen) atoms. The van der Waals surface area contributed by atoms with Gasteiger partial charge in [-0.3, -0.25) is 20.2 Å². The molecule has 1 amide bonds. The zero-order valence-electron chi connectivity index (χ0n) is 12.1. The monoisotopic (exact) mass is 408 g/mol. The summed E-state index contributed by atoms with van der Waals surface area (Å²) in [5, 5.41) is 21.0. The number of benzene rings is 1. The number of aromatic nitrogens is 2. The number of nitro benzene ring substituents is 1. The molecule has 0 aliphatic heterocycles. The number of carbonyl (C=O) groups excluding carboxylic acids is 1. The first-order valence-electron chi connectivity index (χ1n) is 6.60. The third-order valence-corrected chi connectivity index (χ3v) is 4.79. The molecule has 10 heteroatoms. The summed E-state index contributed by atoms with van der Waals surface area (Å²) < 4.78 is 6.30. The summed E-state index contributed by atoms with van der Waals surface area (Å²) >= 11 is 4.75. The van der Waals surface area contributed by atoms with Crippen molar-refractivity contribution in [2.45, 2.75) is 6.92 Å². The minimum atomic E-state index is -0.557. The van der Waals surface area contributed by atoms with Crippen molar-refractivity contribution in [1.82, 2.24) is 10.2 Å². The molecule has 0 bridgehead atoms. The molecular weight excluding hydrogens is 400 g/mol. The number of rotatable bonds is 4. The van der Waals surface area contributed by atoms with Crippen LogP contribution in [0.2, 0.25) is 0 Å². The second kappa shape index (κ2) is 6.49. The van der Waals surface area contributed by atoms with Crippen LogP contribution in [-0.4, -0.2) is 21.0 Å². The molecule has 122 valence electrons. The SMILES string of the molecule is Cc1c(C(=O)Nc2nnc(-c3ccc(Br)s3)o2)cccc1[N+](=O)[O-]. The molecule has 0 aliphatic rings. The molecule has 2 aromatic heterocycles. The van der Waals surface area contributed by atoms with Crippen LogP contribution in [0.15, 0.2) is 38.5 Å². The number of halogens is 1. The van der Waals surface area contributed by atoms with Gasteiger partial charge in [-0.15, -0.1) is 16.4 Å². The molecule has 0 radical (unpaired) electrons. The highest BCUT2D eigenvalue weighted by atomic mass is 79.9. The lowest BCUT2D eigenvalue weighted by Gasteiger charge is -2.04. The van der Waals surface area contributed by atoms with E-state index in [-0.39, 0.29) is 28.7 Å². The topological polar surface area (TPSA) is 111 Å². The van der Waals surface area contributed by atoms with Gasteiger partial charge in [-0.25, -0.2) is 0 Å². The number of amides is 1. The molecule has 8 nitrogen and oxygen atoms in total. The van der Waals surface area contributed by atoms with Gasteiger partial charge in [0.15, 0.2) is 0 Å². The standard InChI is InChI=1S/C14H9BrN4O4S/c1-7-8(3-2-4-9(7)19(21)22)12(20)16-14-18-17-13(23-14)10-5-6-11(15)24-10/h2-6H,1H3,(H,16,18,20). The van der Waals surface area contributed by atoms with Crippen molar-refractivity contribution in [3.8, 4) is 10.8 Å². The molecule has 0 saturated heterocycles. The summed E-state index contributed by atoms with van der Waals surface area (Å²) in [5.74, 6) is -0.282. The van der Waals surface area contributed by atoms with Crippen molar-refractivity contribution in [2.75, 3.05) is 5.32 Å². The van der Waals surface area contributed by atoms with Crippen LogP contribution < -0.4 is 5.32 Å². The van der Waals surface area contributed by atoms with Gasteiger partial charge in [-0.2, -0.15) is 0 Å². The maximum absolute atomic E-state index is 12.3. The van der Waals surface area contributed by atoms with E-state index in [0.29, 0.717) is 0 Å². The molecule has 0 unspecified atom stereocenters. The number of anilines is 1. The Kier molecular flexibility index (Phi) is 4.40. The van der Waals surface area contributed by atoms with Crippen LogP contribution in [0.25, 0.3) is 10.8 Å². The van der Waals surface area contributed by atoms with E-state index in [2.05, 4.69) is 31.4 Å². The zero-order valence-corrected chi connectivity index (χ0v) is 14.6. The molecule has 1 N–H and O–H groups in total. The number of nitrogens with zero attached hydrogens (tertiary/aromatic N) is 3. The maximum Gasteiger partial charge on any atom is 0.322 e. The van der Waals surface area contributed by atoms with Crippen LogP contribution in [0.4, 0.5) is 11.7 Å². The third-order valence-electron chi connectivity index (χ3n) is 3.18. The minimum Gasteiger partial charge on any atom is -0.402 e. The Hall–Kier alpha value is -2.59. The van der Waals surface area contributed by atoms with Gasteiger partial charge < -0.3 is 4.42 Å². The quantitative estimate of drug-likeness (QED) is 0.515. The first-order valence-corrected chi connectivity index (χ1v) is 8.21. The van der Waals surface area contributed by atoms with E-state index in [9.17, 15) is 14.9 Å². The second-order valence-electron chi connectivity index (χ2n) is 4.68. The number of nitro groups is 1. The Bertz CT molecular complexity index is 937. The molecule has 0 aliphatic carbocycles. The molecule has 2 heterocycles. The van der Waals surface area contributed by atoms with E-state index in [1.165, 1.54) is 36.5 Å². The molecule has 3 aromatic rings. The van der Waals surface area contributed by atoms with Crippen molar-refractivity contribution in [1.29, 1.82) is 0 Å². The van der Waals surface area contributed by atoms with Gasteiger partial charge in [-0.1, -0.05) is 11.2 Å². The summed E-state index contributed by atoms with van der Waals surface area (Å²) in [4.78, 5) is 23.5. The number of nitrogens with one attached hydrogen (secondary N) is 1. The van der Waals surface area contributed by atoms with Gasteiger partial charge in [0.1, 0.15) is 0 Å². The van der Waals surface area contributed by atoms with Crippen molar-refractivity contribution >= 4 is 44.9 Å². The number of carbonyl (C=O) groups is 1. The molecule has 1 aromatic carbocycles. The first-order chi connectivity index (χ1) is 11.5. The van der Waals surface area contributed by atoms with Crippen LogP contribution >= 0.6 is 27.3 Å². The van der Waals surface area contributed by atoms with Crippen LogP contribution in [0.3, 0.4) is 0 Å². The Morgan fingerprint density at radius 1 is 1.33 bits per heavy atom. The van der Waals surface area contributed by atoms with Gasteiger partial charge in [-0.05, 0) is 41.1 Å². The summed E-state index contributed by atoms with van der Waals surface area (Å²) in [6, 6.07) is 7.85. The van der Waals surface area contributed by atoms with E-state index in [0.717, 1.165) is 8.66 Å². The lowest BCUT2D eigenvalue weighted by Crippen LogP contribution is -2.14. The van der Waals surface area contributed by atoms with Crippen molar-refractivity contribution < 1.29 is 14.1 Å². The Balaban J connectivity index is 1.82. The molecule has 0 saturated carbocycles. The van der Waals surface area contributed by atoms with Crippen LogP contribution in [-0.2, 0) is 0 Å². The lowest BCUT2D eigenvalue weighted by atomic mass is 10.1. The third kappa shape index (κ3) is 3.19. The highest BCUT2D eigenvalue weighted by Gasteiger charge is 2.20. The van der Waals surface area contributed by atoms with E-state index in [1.807, 2.05) is 6.07 Å². The Morgan fingerprint density at radius 2 is 2.12 bits per heavy atom. The minimum absolute atomic E-state index is 0.0783. The predicted octanol–water partition coefficient (Wildman–Crippen LogP) is 4.03. The number of thiophene rings is 1. The van der Waals surface area contributed by atoms with Gasteiger partial charge in [0, 0.05) is 17.2 Å². The fourth-order valence-electron chi connectivity index (χ4n) is 2.03. The normalized spacial score (nSPS) is 10.6. The van der Waals surface area contributed by atoms with Crippen LogP contribution in [0.1, 0.15) is 15.9 Å². The van der Waals surface area contributed by atoms with Gasteiger partial charge in [0.25, 0.3) is 17.5 Å². The van der Waals surface area contributed by atoms with E-state index in [1.54, 1.807) is 6.07 Å². The van der Waals surface area contributed by atoms with Gasteiger partial charge in [0.05, 0.1) is 13.6 Å². The summed E-state index contributed by atoms with van der Waals surface area (Å²) in [6.45, 7) is 1.51. The van der Waals surface area contributed by atoms with Crippen molar-refractivity contribution in [3.05, 3.63) is 55.4 Å². The number of hydrogen-bond acceptors (Lipinski definition) is 7. The largest absolute Gasteiger partial charge is 0.402 e. The average Bonchev–Trinajstić information content (AvgIpc) is 3.16. The fourth-order valence-corrected chi connectivity index (χ4v) is 3.34. The van der Waals surface area contributed by atoms with Gasteiger partial charge in [0.2, 0.25) is 0 Å². The highest BCUT2D eigenvalue weighted by molar-refractivity contribution is 9.11. The number of hydrogen-bond donors (Lipinski definition) is 1. The summed E-state index contributed by atoms with van der Waals surface area (Å²) in [6.07, 6.45) is 0. The molecular formula is C14H9BrN4O4S. The lowest BCUT2D eigenvalue weighted by molar-refractivity contribution is -0.385. The smallest absolute Gasteiger partial charge is 0.322 e. The maximum atomic E-state index is 12.3. The van der Waals surface area contributed by atoms with Crippen molar-refractivity contribution in [2.24, 2.45) is 0 Å². The Morgan fingerprint density at radius 3 is 2.79 bits per heavy atom. The molecule has 3 rings (SSSR count).